The molecule has 1 aliphatic rings. The zero-order chi connectivity index (χ0) is 18.7. The summed E-state index contributed by atoms with van der Waals surface area (Å²) in [7, 11) is 0. The van der Waals surface area contributed by atoms with Crippen LogP contribution in [0.4, 0.5) is 4.39 Å². The van der Waals surface area contributed by atoms with Crippen LogP contribution in [-0.4, -0.2) is 46.5 Å². The summed E-state index contributed by atoms with van der Waals surface area (Å²) in [4.78, 5) is 28.0. The van der Waals surface area contributed by atoms with Crippen LogP contribution >= 0.6 is 22.9 Å². The van der Waals surface area contributed by atoms with E-state index in [2.05, 4.69) is 4.90 Å². The molecule has 1 aromatic heterocycles. The van der Waals surface area contributed by atoms with Crippen molar-refractivity contribution in [1.82, 2.24) is 14.4 Å². The summed E-state index contributed by atoms with van der Waals surface area (Å²) in [6, 6.07) is 4.70. The van der Waals surface area contributed by atoms with Gasteiger partial charge in [0.1, 0.15) is 5.82 Å². The molecule has 0 radical (unpaired) electrons. The molecular weight excluding hydrogens is 377 g/mol. The lowest BCUT2D eigenvalue weighted by atomic mass is 10.1. The van der Waals surface area contributed by atoms with E-state index in [0.29, 0.717) is 56.3 Å². The zero-order valence-corrected chi connectivity index (χ0v) is 16.2. The van der Waals surface area contributed by atoms with Crippen LogP contribution < -0.4 is 4.87 Å². The van der Waals surface area contributed by atoms with Crippen molar-refractivity contribution < 1.29 is 9.18 Å². The number of hydrogen-bond acceptors (Lipinski definition) is 4. The molecule has 3 rings (SSSR count). The van der Waals surface area contributed by atoms with Gasteiger partial charge in [-0.15, -0.1) is 0 Å². The molecule has 0 atom stereocenters. The highest BCUT2D eigenvalue weighted by molar-refractivity contribution is 7.07. The van der Waals surface area contributed by atoms with Crippen LogP contribution in [0.25, 0.3) is 0 Å². The molecule has 0 unspecified atom stereocenters. The Kier molecular flexibility index (Phi) is 6.11. The Balaban J connectivity index is 1.50. The number of hydrogen-bond donors (Lipinski definition) is 0. The lowest BCUT2D eigenvalue weighted by molar-refractivity contribution is -0.133. The second kappa shape index (κ2) is 8.33. The highest BCUT2D eigenvalue weighted by Gasteiger charge is 2.22. The first kappa shape index (κ1) is 19.1. The van der Waals surface area contributed by atoms with E-state index < -0.39 is 0 Å². The van der Waals surface area contributed by atoms with Crippen molar-refractivity contribution in [3.05, 3.63) is 55.3 Å². The Morgan fingerprint density at radius 3 is 2.62 bits per heavy atom. The monoisotopic (exact) mass is 397 g/mol. The Bertz CT molecular complexity index is 823. The van der Waals surface area contributed by atoms with Gasteiger partial charge in [-0.25, -0.2) is 4.39 Å². The van der Waals surface area contributed by atoms with E-state index in [9.17, 15) is 14.0 Å². The highest BCUT2D eigenvalue weighted by atomic mass is 35.5. The van der Waals surface area contributed by atoms with Crippen LogP contribution in [-0.2, 0) is 17.9 Å². The number of nitrogens with zero attached hydrogens (tertiary/aromatic N) is 3. The molecule has 1 amide bonds. The summed E-state index contributed by atoms with van der Waals surface area (Å²) in [6.07, 6.45) is 0.316. The van der Waals surface area contributed by atoms with Crippen molar-refractivity contribution in [2.75, 3.05) is 26.2 Å². The normalized spacial score (nSPS) is 15.4. The standard InChI is InChI=1S/C18H21ClFN3O2S/c1-13-12-26-18(25)23(13)6-5-17(24)22-9-7-21(8-10-22)11-14-15(19)3-2-4-16(14)20/h2-4,12H,5-11H2,1H3. The second-order valence-corrected chi connectivity index (χ2v) is 7.63. The van der Waals surface area contributed by atoms with Crippen LogP contribution in [0, 0.1) is 12.7 Å². The Hall–Kier alpha value is -1.70. The summed E-state index contributed by atoms with van der Waals surface area (Å²) in [5, 5.41) is 2.24. The summed E-state index contributed by atoms with van der Waals surface area (Å²) in [6.45, 7) is 5.27. The molecule has 0 bridgehead atoms. The summed E-state index contributed by atoms with van der Waals surface area (Å²) < 4.78 is 15.5. The molecule has 1 fully saturated rings. The van der Waals surface area contributed by atoms with Gasteiger partial charge in [-0.2, -0.15) is 0 Å². The maximum absolute atomic E-state index is 13.9. The lowest BCUT2D eigenvalue weighted by Gasteiger charge is -2.35. The molecule has 1 aromatic carbocycles. The third-order valence-corrected chi connectivity index (χ3v) is 5.93. The zero-order valence-electron chi connectivity index (χ0n) is 14.6. The average molecular weight is 398 g/mol. The van der Waals surface area contributed by atoms with Crippen molar-refractivity contribution in [3.63, 3.8) is 0 Å². The van der Waals surface area contributed by atoms with E-state index in [4.69, 9.17) is 11.6 Å². The topological polar surface area (TPSA) is 45.6 Å². The quantitative estimate of drug-likeness (QED) is 0.779. The van der Waals surface area contributed by atoms with Gasteiger partial charge in [0.15, 0.2) is 0 Å². The summed E-state index contributed by atoms with van der Waals surface area (Å²) in [5.74, 6) is -0.251. The smallest absolute Gasteiger partial charge is 0.307 e. The number of rotatable bonds is 5. The lowest BCUT2D eigenvalue weighted by Crippen LogP contribution is -2.48. The summed E-state index contributed by atoms with van der Waals surface area (Å²) in [5.41, 5.74) is 1.39. The molecule has 1 aliphatic heterocycles. The molecule has 1 saturated heterocycles. The van der Waals surface area contributed by atoms with E-state index in [1.807, 2.05) is 11.8 Å². The van der Waals surface area contributed by atoms with Gasteiger partial charge in [-0.3, -0.25) is 14.5 Å². The van der Waals surface area contributed by atoms with Crippen molar-refractivity contribution >= 4 is 28.8 Å². The van der Waals surface area contributed by atoms with Gasteiger partial charge in [0.2, 0.25) is 5.91 Å². The second-order valence-electron chi connectivity index (χ2n) is 6.40. The molecule has 0 N–H and O–H groups in total. The number of benzene rings is 1. The van der Waals surface area contributed by atoms with E-state index in [-0.39, 0.29) is 16.6 Å². The van der Waals surface area contributed by atoms with Crippen molar-refractivity contribution in [1.29, 1.82) is 0 Å². The van der Waals surface area contributed by atoms with Crippen molar-refractivity contribution in [2.45, 2.75) is 26.4 Å². The fraction of sp³-hybridized carbons (Fsp3) is 0.444. The van der Waals surface area contributed by atoms with E-state index in [1.165, 1.54) is 6.07 Å². The molecule has 2 aromatic rings. The van der Waals surface area contributed by atoms with Crippen molar-refractivity contribution in [2.24, 2.45) is 0 Å². The molecular formula is C18H21ClFN3O2S. The summed E-state index contributed by atoms with van der Waals surface area (Å²) >= 11 is 7.24. The molecule has 26 heavy (non-hydrogen) atoms. The van der Waals surface area contributed by atoms with Crippen LogP contribution in [0.5, 0.6) is 0 Å². The molecule has 0 spiro atoms. The fourth-order valence-electron chi connectivity index (χ4n) is 3.10. The van der Waals surface area contributed by atoms with Crippen LogP contribution in [0.15, 0.2) is 28.4 Å². The number of carbonyl (C=O) groups is 1. The first-order chi connectivity index (χ1) is 12.5. The van der Waals surface area contributed by atoms with Crippen molar-refractivity contribution in [3.8, 4) is 0 Å². The number of thiazole rings is 1. The maximum atomic E-state index is 13.9. The van der Waals surface area contributed by atoms with E-state index in [1.54, 1.807) is 22.1 Å². The third-order valence-electron chi connectivity index (χ3n) is 4.69. The van der Waals surface area contributed by atoms with Crippen LogP contribution in [0.1, 0.15) is 17.7 Å². The van der Waals surface area contributed by atoms with E-state index in [0.717, 1.165) is 17.0 Å². The highest BCUT2D eigenvalue weighted by Crippen LogP contribution is 2.21. The Morgan fingerprint density at radius 1 is 1.27 bits per heavy atom. The Labute approximate surface area is 160 Å². The van der Waals surface area contributed by atoms with Gasteiger partial charge >= 0.3 is 4.87 Å². The minimum atomic E-state index is -0.299. The average Bonchev–Trinajstić information content (AvgIpc) is 2.95. The van der Waals surface area contributed by atoms with Crippen LogP contribution in [0.2, 0.25) is 5.02 Å². The molecule has 0 saturated carbocycles. The third kappa shape index (κ3) is 4.34. The van der Waals surface area contributed by atoms with Gasteiger partial charge in [0.25, 0.3) is 0 Å². The van der Waals surface area contributed by atoms with Gasteiger partial charge in [-0.05, 0) is 19.1 Å². The molecule has 2 heterocycles. The molecule has 140 valence electrons. The largest absolute Gasteiger partial charge is 0.340 e. The number of piperazine rings is 1. The maximum Gasteiger partial charge on any atom is 0.307 e. The number of amides is 1. The Morgan fingerprint density at radius 2 is 2.00 bits per heavy atom. The predicted octanol–water partition coefficient (Wildman–Crippen LogP) is 2.75. The molecule has 0 aliphatic carbocycles. The van der Waals surface area contributed by atoms with Gasteiger partial charge < -0.3 is 9.47 Å². The van der Waals surface area contributed by atoms with Gasteiger partial charge in [-0.1, -0.05) is 29.0 Å². The minimum absolute atomic E-state index is 0.0260. The SMILES string of the molecule is Cc1csc(=O)n1CCC(=O)N1CCN(Cc2c(F)cccc2Cl)CC1. The van der Waals surface area contributed by atoms with E-state index >= 15 is 0 Å². The fourth-order valence-corrected chi connectivity index (χ4v) is 4.09. The predicted molar refractivity (Wildman–Crippen MR) is 101 cm³/mol. The van der Waals surface area contributed by atoms with Gasteiger partial charge in [0.05, 0.1) is 0 Å². The first-order valence-corrected chi connectivity index (χ1v) is 9.79. The number of aryl methyl sites for hydroxylation is 1. The number of halogens is 2. The first-order valence-electron chi connectivity index (χ1n) is 8.53. The number of carbonyl (C=O) groups excluding carboxylic acids is 1. The minimum Gasteiger partial charge on any atom is -0.340 e. The molecule has 8 heteroatoms. The van der Waals surface area contributed by atoms with Crippen LogP contribution in [0.3, 0.4) is 0 Å². The van der Waals surface area contributed by atoms with Gasteiger partial charge in [0, 0.05) is 67.3 Å². The number of aromatic nitrogens is 1. The molecule has 5 nitrogen and oxygen atoms in total.